The summed E-state index contributed by atoms with van der Waals surface area (Å²) in [5, 5.41) is 0.0489. The molecule has 0 N–H and O–H groups in total. The zero-order valence-corrected chi connectivity index (χ0v) is 19.7. The van der Waals surface area contributed by atoms with E-state index in [0.29, 0.717) is 33.2 Å². The molecule has 32 heavy (non-hydrogen) atoms. The SMILES string of the molecule is CCOC(=O)C(C)Sc1nc2c(OC)c(OC)c(OC)cc2c(=O)n1-c1ccc(C)cc1. The molecule has 1 unspecified atom stereocenters. The van der Waals surface area contributed by atoms with Crippen LogP contribution < -0.4 is 19.8 Å². The molecule has 1 aromatic heterocycles. The molecule has 0 saturated carbocycles. The Morgan fingerprint density at radius 1 is 1.09 bits per heavy atom. The van der Waals surface area contributed by atoms with Crippen molar-refractivity contribution in [2.45, 2.75) is 31.2 Å². The summed E-state index contributed by atoms with van der Waals surface area (Å²) in [6, 6.07) is 9.07. The van der Waals surface area contributed by atoms with Crippen LogP contribution in [-0.2, 0) is 9.53 Å². The van der Waals surface area contributed by atoms with Crippen LogP contribution in [0.4, 0.5) is 0 Å². The minimum Gasteiger partial charge on any atom is -0.493 e. The number of aryl methyl sites for hydroxylation is 1. The number of ether oxygens (including phenoxy) is 4. The molecule has 3 rings (SSSR count). The Balaban J connectivity index is 2.35. The van der Waals surface area contributed by atoms with E-state index >= 15 is 0 Å². The molecule has 3 aromatic rings. The lowest BCUT2D eigenvalue weighted by Crippen LogP contribution is -2.24. The molecule has 8 nitrogen and oxygen atoms in total. The molecule has 0 radical (unpaired) electrons. The van der Waals surface area contributed by atoms with Gasteiger partial charge in [-0.1, -0.05) is 29.5 Å². The highest BCUT2D eigenvalue weighted by Gasteiger charge is 2.25. The molecule has 1 heterocycles. The van der Waals surface area contributed by atoms with Gasteiger partial charge in [-0.2, -0.15) is 0 Å². The number of aromatic nitrogens is 2. The van der Waals surface area contributed by atoms with E-state index in [1.54, 1.807) is 19.9 Å². The highest BCUT2D eigenvalue weighted by molar-refractivity contribution is 8.00. The molecular weight excluding hydrogens is 432 g/mol. The fourth-order valence-electron chi connectivity index (χ4n) is 3.23. The molecule has 0 bridgehead atoms. The summed E-state index contributed by atoms with van der Waals surface area (Å²) in [7, 11) is 4.44. The predicted octanol–water partition coefficient (Wildman–Crippen LogP) is 3.76. The van der Waals surface area contributed by atoms with Gasteiger partial charge in [0.1, 0.15) is 10.8 Å². The third-order valence-electron chi connectivity index (χ3n) is 4.83. The first-order valence-corrected chi connectivity index (χ1v) is 10.9. The highest BCUT2D eigenvalue weighted by Crippen LogP contribution is 2.42. The minimum atomic E-state index is -0.581. The van der Waals surface area contributed by atoms with Gasteiger partial charge in [0, 0.05) is 0 Å². The monoisotopic (exact) mass is 458 g/mol. The Labute approximate surface area is 190 Å². The molecule has 170 valence electrons. The van der Waals surface area contributed by atoms with Crippen molar-refractivity contribution in [3.05, 3.63) is 46.2 Å². The van der Waals surface area contributed by atoms with E-state index in [9.17, 15) is 9.59 Å². The first kappa shape index (κ1) is 23.5. The fourth-order valence-corrected chi connectivity index (χ4v) is 4.15. The minimum absolute atomic E-state index is 0.268. The molecule has 0 aliphatic carbocycles. The van der Waals surface area contributed by atoms with Crippen LogP contribution in [0, 0.1) is 6.92 Å². The summed E-state index contributed by atoms with van der Waals surface area (Å²) >= 11 is 1.14. The Bertz CT molecular complexity index is 1190. The van der Waals surface area contributed by atoms with Gasteiger partial charge in [0.25, 0.3) is 5.56 Å². The number of hydrogen-bond donors (Lipinski definition) is 0. The molecule has 0 spiro atoms. The van der Waals surface area contributed by atoms with Gasteiger partial charge in [-0.15, -0.1) is 0 Å². The quantitative estimate of drug-likeness (QED) is 0.286. The summed E-state index contributed by atoms with van der Waals surface area (Å²) in [6.45, 7) is 5.69. The first-order valence-electron chi connectivity index (χ1n) is 10.0. The Morgan fingerprint density at radius 2 is 1.75 bits per heavy atom. The fraction of sp³-hybridized carbons (Fsp3) is 0.348. The molecule has 0 aliphatic heterocycles. The molecule has 0 saturated heterocycles. The van der Waals surface area contributed by atoms with Crippen LogP contribution in [0.1, 0.15) is 19.4 Å². The number of thioether (sulfide) groups is 1. The molecule has 0 aliphatic rings. The van der Waals surface area contributed by atoms with Crippen LogP contribution in [-0.4, -0.2) is 48.7 Å². The largest absolute Gasteiger partial charge is 0.493 e. The summed E-state index contributed by atoms with van der Waals surface area (Å²) in [5.41, 5.74) is 1.67. The summed E-state index contributed by atoms with van der Waals surface area (Å²) in [4.78, 5) is 30.7. The van der Waals surface area contributed by atoms with E-state index in [1.807, 2.05) is 31.2 Å². The van der Waals surface area contributed by atoms with E-state index in [0.717, 1.165) is 17.3 Å². The zero-order valence-electron chi connectivity index (χ0n) is 18.9. The van der Waals surface area contributed by atoms with Gasteiger partial charge in [-0.25, -0.2) is 4.98 Å². The smallest absolute Gasteiger partial charge is 0.319 e. The number of carbonyl (C=O) groups is 1. The van der Waals surface area contributed by atoms with E-state index in [2.05, 4.69) is 0 Å². The van der Waals surface area contributed by atoms with Crippen LogP contribution in [0.25, 0.3) is 16.6 Å². The van der Waals surface area contributed by atoms with Crippen LogP contribution in [0.2, 0.25) is 0 Å². The topological polar surface area (TPSA) is 88.9 Å². The number of carbonyl (C=O) groups excluding carboxylic acids is 1. The lowest BCUT2D eigenvalue weighted by molar-refractivity contribution is -0.142. The van der Waals surface area contributed by atoms with Crippen molar-refractivity contribution in [1.82, 2.24) is 9.55 Å². The second-order valence-corrected chi connectivity index (χ2v) is 8.23. The standard InChI is InChI=1S/C23H26N2O6S/c1-7-31-22(27)14(3)32-23-24-18-16(12-17(28-4)19(29-5)20(18)30-6)21(26)25(23)15-10-8-13(2)9-11-15/h8-12,14H,7H2,1-6H3. The Kier molecular flexibility index (Phi) is 7.29. The van der Waals surface area contributed by atoms with E-state index in [-0.39, 0.29) is 23.9 Å². The van der Waals surface area contributed by atoms with Gasteiger partial charge >= 0.3 is 5.97 Å². The van der Waals surface area contributed by atoms with E-state index in [1.165, 1.54) is 25.9 Å². The number of esters is 1. The first-order chi connectivity index (χ1) is 15.4. The molecule has 0 amide bonds. The second kappa shape index (κ2) is 9.95. The number of methoxy groups -OCH3 is 3. The molecule has 9 heteroatoms. The number of rotatable bonds is 8. The van der Waals surface area contributed by atoms with Gasteiger partial charge in [-0.05, 0) is 39.0 Å². The Morgan fingerprint density at radius 3 is 2.31 bits per heavy atom. The summed E-state index contributed by atoms with van der Waals surface area (Å²) in [6.07, 6.45) is 0. The molecule has 0 fully saturated rings. The zero-order chi connectivity index (χ0) is 23.4. The van der Waals surface area contributed by atoms with Crippen molar-refractivity contribution < 1.29 is 23.7 Å². The molecule has 1 atom stereocenters. The van der Waals surface area contributed by atoms with Crippen molar-refractivity contribution >= 4 is 28.6 Å². The maximum atomic E-state index is 13.7. The maximum absolute atomic E-state index is 13.7. The van der Waals surface area contributed by atoms with Crippen molar-refractivity contribution in [3.8, 4) is 22.9 Å². The number of nitrogens with zero attached hydrogens (tertiary/aromatic N) is 2. The van der Waals surface area contributed by atoms with Gasteiger partial charge < -0.3 is 18.9 Å². The Hall–Kier alpha value is -3.20. The normalized spacial score (nSPS) is 11.8. The highest BCUT2D eigenvalue weighted by atomic mass is 32.2. The predicted molar refractivity (Wildman–Crippen MR) is 124 cm³/mol. The van der Waals surface area contributed by atoms with Crippen LogP contribution in [0.5, 0.6) is 17.2 Å². The van der Waals surface area contributed by atoms with Gasteiger partial charge in [0.05, 0.1) is 39.0 Å². The molecule has 2 aromatic carbocycles. The van der Waals surface area contributed by atoms with Crippen LogP contribution >= 0.6 is 11.8 Å². The van der Waals surface area contributed by atoms with Gasteiger partial charge in [0.2, 0.25) is 5.75 Å². The van der Waals surface area contributed by atoms with E-state index in [4.69, 9.17) is 23.9 Å². The van der Waals surface area contributed by atoms with Crippen LogP contribution in [0.15, 0.2) is 40.3 Å². The average Bonchev–Trinajstić information content (AvgIpc) is 2.79. The molecular formula is C23H26N2O6S. The number of fused-ring (bicyclic) bond motifs is 1. The lowest BCUT2D eigenvalue weighted by Gasteiger charge is -2.18. The van der Waals surface area contributed by atoms with E-state index < -0.39 is 5.25 Å². The third-order valence-corrected chi connectivity index (χ3v) is 5.86. The second-order valence-electron chi connectivity index (χ2n) is 6.92. The summed E-state index contributed by atoms with van der Waals surface area (Å²) < 4.78 is 23.0. The van der Waals surface area contributed by atoms with Crippen LogP contribution in [0.3, 0.4) is 0 Å². The van der Waals surface area contributed by atoms with Crippen molar-refractivity contribution in [1.29, 1.82) is 0 Å². The number of hydrogen-bond acceptors (Lipinski definition) is 8. The number of benzene rings is 2. The van der Waals surface area contributed by atoms with Crippen molar-refractivity contribution in [2.24, 2.45) is 0 Å². The third kappa shape index (κ3) is 4.38. The van der Waals surface area contributed by atoms with Gasteiger partial charge in [-0.3, -0.25) is 14.2 Å². The van der Waals surface area contributed by atoms with Crippen molar-refractivity contribution in [2.75, 3.05) is 27.9 Å². The van der Waals surface area contributed by atoms with Crippen molar-refractivity contribution in [3.63, 3.8) is 0 Å². The average molecular weight is 459 g/mol. The lowest BCUT2D eigenvalue weighted by atomic mass is 10.2. The summed E-state index contributed by atoms with van der Waals surface area (Å²) in [5.74, 6) is 0.575. The van der Waals surface area contributed by atoms with Gasteiger partial charge in [0.15, 0.2) is 16.7 Å². The maximum Gasteiger partial charge on any atom is 0.319 e.